The SMILES string of the molecule is O=C(O)CC1CCN(c2cccc(O)c2)C1=O. The molecule has 2 rings (SSSR count). The first kappa shape index (κ1) is 11.4. The summed E-state index contributed by atoms with van der Waals surface area (Å²) >= 11 is 0. The average molecular weight is 235 g/mol. The van der Waals surface area contributed by atoms with Crippen LogP contribution in [-0.2, 0) is 9.59 Å². The van der Waals surface area contributed by atoms with E-state index in [0.717, 1.165) is 0 Å². The van der Waals surface area contributed by atoms with Crippen LogP contribution < -0.4 is 4.90 Å². The van der Waals surface area contributed by atoms with Crippen molar-refractivity contribution in [2.45, 2.75) is 12.8 Å². The summed E-state index contributed by atoms with van der Waals surface area (Å²) in [5, 5.41) is 18.0. The van der Waals surface area contributed by atoms with E-state index in [-0.39, 0.29) is 18.1 Å². The Morgan fingerprint density at radius 1 is 1.47 bits per heavy atom. The second kappa shape index (κ2) is 4.45. The molecule has 0 aliphatic carbocycles. The van der Waals surface area contributed by atoms with Crippen LogP contribution in [0.5, 0.6) is 5.75 Å². The third-order valence-corrected chi connectivity index (χ3v) is 2.88. The minimum absolute atomic E-state index is 0.0944. The molecule has 0 saturated carbocycles. The molecule has 0 spiro atoms. The number of anilines is 1. The molecule has 17 heavy (non-hydrogen) atoms. The third-order valence-electron chi connectivity index (χ3n) is 2.88. The van der Waals surface area contributed by atoms with Crippen molar-refractivity contribution < 1.29 is 19.8 Å². The molecule has 1 aliphatic rings. The molecule has 0 radical (unpaired) electrons. The predicted octanol–water partition coefficient (Wildman–Crippen LogP) is 1.22. The Labute approximate surface area is 98.3 Å². The van der Waals surface area contributed by atoms with Gasteiger partial charge in [-0.2, -0.15) is 0 Å². The van der Waals surface area contributed by atoms with Crippen LogP contribution >= 0.6 is 0 Å². The zero-order chi connectivity index (χ0) is 12.4. The van der Waals surface area contributed by atoms with E-state index in [1.807, 2.05) is 0 Å². The number of amides is 1. The van der Waals surface area contributed by atoms with E-state index >= 15 is 0 Å². The van der Waals surface area contributed by atoms with Crippen LogP contribution in [0.15, 0.2) is 24.3 Å². The molecule has 5 nitrogen and oxygen atoms in total. The number of rotatable bonds is 3. The van der Waals surface area contributed by atoms with Crippen molar-refractivity contribution in [1.29, 1.82) is 0 Å². The van der Waals surface area contributed by atoms with Gasteiger partial charge < -0.3 is 15.1 Å². The van der Waals surface area contributed by atoms with E-state index in [1.165, 1.54) is 17.0 Å². The van der Waals surface area contributed by atoms with Gasteiger partial charge in [0.15, 0.2) is 0 Å². The van der Waals surface area contributed by atoms with Gasteiger partial charge in [0.2, 0.25) is 5.91 Å². The summed E-state index contributed by atoms with van der Waals surface area (Å²) in [6, 6.07) is 6.41. The Hall–Kier alpha value is -2.04. The Kier molecular flexibility index (Phi) is 2.99. The summed E-state index contributed by atoms with van der Waals surface area (Å²) < 4.78 is 0. The number of phenols is 1. The largest absolute Gasteiger partial charge is 0.508 e. The molecule has 90 valence electrons. The second-order valence-electron chi connectivity index (χ2n) is 4.09. The number of carboxylic acid groups (broad SMARTS) is 1. The fourth-order valence-electron chi connectivity index (χ4n) is 2.06. The van der Waals surface area contributed by atoms with Gasteiger partial charge in [0, 0.05) is 18.3 Å². The molecule has 2 N–H and O–H groups in total. The van der Waals surface area contributed by atoms with Gasteiger partial charge in [0.1, 0.15) is 5.75 Å². The van der Waals surface area contributed by atoms with Crippen LogP contribution in [0.25, 0.3) is 0 Å². The fraction of sp³-hybridized carbons (Fsp3) is 0.333. The number of carboxylic acids is 1. The minimum atomic E-state index is -0.957. The number of carbonyl (C=O) groups excluding carboxylic acids is 1. The quantitative estimate of drug-likeness (QED) is 0.825. The maximum Gasteiger partial charge on any atom is 0.304 e. The lowest BCUT2D eigenvalue weighted by Crippen LogP contribution is -2.27. The number of carbonyl (C=O) groups is 2. The number of nitrogens with zero attached hydrogens (tertiary/aromatic N) is 1. The van der Waals surface area contributed by atoms with E-state index in [4.69, 9.17) is 5.11 Å². The van der Waals surface area contributed by atoms with E-state index in [9.17, 15) is 14.7 Å². The summed E-state index contributed by atoms with van der Waals surface area (Å²) in [6.07, 6.45) is 0.412. The van der Waals surface area contributed by atoms with Crippen LogP contribution in [0.1, 0.15) is 12.8 Å². The molecule has 1 amide bonds. The number of aliphatic carboxylic acids is 1. The van der Waals surface area contributed by atoms with E-state index in [2.05, 4.69) is 0 Å². The normalized spacial score (nSPS) is 19.6. The zero-order valence-electron chi connectivity index (χ0n) is 9.17. The Bertz CT molecular complexity index is 458. The van der Waals surface area contributed by atoms with Gasteiger partial charge in [0.05, 0.1) is 12.3 Å². The number of hydrogen-bond donors (Lipinski definition) is 2. The van der Waals surface area contributed by atoms with Crippen LogP contribution in [0.3, 0.4) is 0 Å². The summed E-state index contributed by atoms with van der Waals surface area (Å²) in [4.78, 5) is 24.0. The summed E-state index contributed by atoms with van der Waals surface area (Å²) in [6.45, 7) is 0.500. The first-order valence-electron chi connectivity index (χ1n) is 5.40. The molecule has 1 unspecified atom stereocenters. The maximum absolute atomic E-state index is 11.9. The fourth-order valence-corrected chi connectivity index (χ4v) is 2.06. The van der Waals surface area contributed by atoms with Crippen LogP contribution in [0, 0.1) is 5.92 Å². The number of aromatic hydroxyl groups is 1. The van der Waals surface area contributed by atoms with Crippen LogP contribution in [0.4, 0.5) is 5.69 Å². The standard InChI is InChI=1S/C12H13NO4/c14-10-3-1-2-9(7-10)13-5-4-8(12(13)17)6-11(15)16/h1-3,7-8,14H,4-6H2,(H,15,16). The number of phenolic OH excluding ortho intramolecular Hbond substituents is 1. The topological polar surface area (TPSA) is 77.8 Å². The average Bonchev–Trinajstić information content (AvgIpc) is 2.60. The Morgan fingerprint density at radius 3 is 2.88 bits per heavy atom. The third kappa shape index (κ3) is 2.38. The lowest BCUT2D eigenvalue weighted by atomic mass is 10.0. The van der Waals surface area contributed by atoms with Crippen LogP contribution in [-0.4, -0.2) is 28.6 Å². The second-order valence-corrected chi connectivity index (χ2v) is 4.09. The highest BCUT2D eigenvalue weighted by molar-refractivity contribution is 5.98. The predicted molar refractivity (Wildman–Crippen MR) is 60.8 cm³/mol. The highest BCUT2D eigenvalue weighted by atomic mass is 16.4. The molecule has 1 aromatic rings. The van der Waals surface area contributed by atoms with E-state index in [1.54, 1.807) is 12.1 Å². The first-order valence-corrected chi connectivity index (χ1v) is 5.40. The zero-order valence-corrected chi connectivity index (χ0v) is 9.17. The smallest absolute Gasteiger partial charge is 0.304 e. The Balaban J connectivity index is 2.15. The van der Waals surface area contributed by atoms with E-state index in [0.29, 0.717) is 18.7 Å². The molecule has 0 bridgehead atoms. The lowest BCUT2D eigenvalue weighted by molar-refractivity contribution is -0.140. The van der Waals surface area contributed by atoms with Crippen molar-refractivity contribution >= 4 is 17.6 Å². The molecular weight excluding hydrogens is 222 g/mol. The Morgan fingerprint density at radius 2 is 2.24 bits per heavy atom. The van der Waals surface area contributed by atoms with Gasteiger partial charge in [-0.05, 0) is 18.6 Å². The van der Waals surface area contributed by atoms with E-state index < -0.39 is 11.9 Å². The first-order chi connectivity index (χ1) is 8.08. The molecule has 1 aromatic carbocycles. The number of hydrogen-bond acceptors (Lipinski definition) is 3. The molecule has 1 heterocycles. The lowest BCUT2D eigenvalue weighted by Gasteiger charge is -2.16. The van der Waals surface area contributed by atoms with Crippen molar-refractivity contribution in [3.05, 3.63) is 24.3 Å². The minimum Gasteiger partial charge on any atom is -0.508 e. The van der Waals surface area contributed by atoms with Crippen LogP contribution in [0.2, 0.25) is 0 Å². The molecule has 1 aliphatic heterocycles. The number of benzene rings is 1. The molecular formula is C12H13NO4. The van der Waals surface area contributed by atoms with Crippen molar-refractivity contribution in [3.63, 3.8) is 0 Å². The highest BCUT2D eigenvalue weighted by Crippen LogP contribution is 2.28. The van der Waals surface area contributed by atoms with Gasteiger partial charge in [0.25, 0.3) is 0 Å². The molecule has 1 atom stereocenters. The van der Waals surface area contributed by atoms with Crippen molar-refractivity contribution in [2.75, 3.05) is 11.4 Å². The monoisotopic (exact) mass is 235 g/mol. The molecule has 1 saturated heterocycles. The summed E-state index contributed by atoms with van der Waals surface area (Å²) in [5.74, 6) is -1.49. The summed E-state index contributed by atoms with van der Waals surface area (Å²) in [5.41, 5.74) is 0.614. The van der Waals surface area contributed by atoms with Gasteiger partial charge in [-0.3, -0.25) is 9.59 Å². The molecule has 5 heteroatoms. The van der Waals surface area contributed by atoms with Crippen molar-refractivity contribution in [3.8, 4) is 5.75 Å². The summed E-state index contributed by atoms with van der Waals surface area (Å²) in [7, 11) is 0. The maximum atomic E-state index is 11.9. The van der Waals surface area contributed by atoms with Gasteiger partial charge in [-0.1, -0.05) is 6.07 Å². The molecule has 0 aromatic heterocycles. The van der Waals surface area contributed by atoms with Gasteiger partial charge >= 0.3 is 5.97 Å². The van der Waals surface area contributed by atoms with Crippen molar-refractivity contribution in [1.82, 2.24) is 0 Å². The van der Waals surface area contributed by atoms with Gasteiger partial charge in [-0.15, -0.1) is 0 Å². The van der Waals surface area contributed by atoms with Gasteiger partial charge in [-0.25, -0.2) is 0 Å². The molecule has 1 fully saturated rings. The van der Waals surface area contributed by atoms with Crippen molar-refractivity contribution in [2.24, 2.45) is 5.92 Å². The highest BCUT2D eigenvalue weighted by Gasteiger charge is 2.33.